The highest BCUT2D eigenvalue weighted by Gasteiger charge is 2.32. The standard InChI is InChI=1S/C12H18O/c1-5-9-8-12(3,4)10(6-2)7-11(9)13/h6-7,9H,2,5,8H2,1,3-4H3. The number of carbonyl (C=O) groups is 1. The predicted octanol–water partition coefficient (Wildman–Crippen LogP) is 3.12. The van der Waals surface area contributed by atoms with Crippen molar-refractivity contribution in [3.63, 3.8) is 0 Å². The van der Waals surface area contributed by atoms with Gasteiger partial charge < -0.3 is 0 Å². The summed E-state index contributed by atoms with van der Waals surface area (Å²) in [4.78, 5) is 11.6. The summed E-state index contributed by atoms with van der Waals surface area (Å²) < 4.78 is 0. The quantitative estimate of drug-likeness (QED) is 0.635. The molecule has 0 amide bonds. The fourth-order valence-electron chi connectivity index (χ4n) is 1.98. The fraction of sp³-hybridized carbons (Fsp3) is 0.583. The van der Waals surface area contributed by atoms with Gasteiger partial charge in [0.05, 0.1) is 0 Å². The van der Waals surface area contributed by atoms with Crippen molar-refractivity contribution in [2.24, 2.45) is 11.3 Å². The number of rotatable bonds is 2. The molecule has 0 saturated carbocycles. The first-order valence-corrected chi connectivity index (χ1v) is 4.89. The van der Waals surface area contributed by atoms with Gasteiger partial charge in [-0.05, 0) is 29.9 Å². The van der Waals surface area contributed by atoms with Gasteiger partial charge in [0.1, 0.15) is 0 Å². The molecule has 13 heavy (non-hydrogen) atoms. The molecule has 1 atom stereocenters. The van der Waals surface area contributed by atoms with Gasteiger partial charge in [0, 0.05) is 5.92 Å². The average molecular weight is 178 g/mol. The van der Waals surface area contributed by atoms with E-state index in [-0.39, 0.29) is 17.1 Å². The third kappa shape index (κ3) is 1.90. The number of allylic oxidation sites excluding steroid dienone is 3. The second-order valence-corrected chi connectivity index (χ2v) is 4.40. The van der Waals surface area contributed by atoms with Gasteiger partial charge in [0.15, 0.2) is 5.78 Å². The lowest BCUT2D eigenvalue weighted by atomic mass is 9.70. The largest absolute Gasteiger partial charge is 0.295 e. The van der Waals surface area contributed by atoms with Gasteiger partial charge in [-0.15, -0.1) is 0 Å². The maximum absolute atomic E-state index is 11.6. The van der Waals surface area contributed by atoms with Crippen molar-refractivity contribution < 1.29 is 4.79 Å². The molecule has 0 fully saturated rings. The van der Waals surface area contributed by atoms with Gasteiger partial charge in [0.2, 0.25) is 0 Å². The van der Waals surface area contributed by atoms with Crippen molar-refractivity contribution in [2.75, 3.05) is 0 Å². The predicted molar refractivity (Wildman–Crippen MR) is 55.5 cm³/mol. The highest BCUT2D eigenvalue weighted by Crippen LogP contribution is 2.39. The zero-order chi connectivity index (χ0) is 10.1. The first-order valence-electron chi connectivity index (χ1n) is 4.89. The number of hydrogen-bond donors (Lipinski definition) is 0. The molecule has 1 rings (SSSR count). The molecule has 0 aromatic rings. The van der Waals surface area contributed by atoms with Crippen LogP contribution in [0.5, 0.6) is 0 Å². The van der Waals surface area contributed by atoms with E-state index in [1.54, 1.807) is 6.08 Å². The monoisotopic (exact) mass is 178 g/mol. The van der Waals surface area contributed by atoms with E-state index in [9.17, 15) is 4.79 Å². The van der Waals surface area contributed by atoms with Crippen LogP contribution in [0.1, 0.15) is 33.6 Å². The zero-order valence-electron chi connectivity index (χ0n) is 8.76. The van der Waals surface area contributed by atoms with Crippen LogP contribution in [0.3, 0.4) is 0 Å². The minimum Gasteiger partial charge on any atom is -0.295 e. The summed E-state index contributed by atoms with van der Waals surface area (Å²) in [6.07, 6.45) is 5.48. The Morgan fingerprint density at radius 3 is 2.77 bits per heavy atom. The minimum atomic E-state index is 0.121. The summed E-state index contributed by atoms with van der Waals surface area (Å²) in [5, 5.41) is 0. The summed E-state index contributed by atoms with van der Waals surface area (Å²) in [7, 11) is 0. The van der Waals surface area contributed by atoms with Crippen LogP contribution in [0.25, 0.3) is 0 Å². The van der Waals surface area contributed by atoms with Crippen LogP contribution >= 0.6 is 0 Å². The van der Waals surface area contributed by atoms with Gasteiger partial charge in [-0.2, -0.15) is 0 Å². The molecule has 1 heteroatoms. The Hall–Kier alpha value is -0.850. The molecule has 0 saturated heterocycles. The van der Waals surface area contributed by atoms with E-state index in [2.05, 4.69) is 27.4 Å². The van der Waals surface area contributed by atoms with Gasteiger partial charge in [0.25, 0.3) is 0 Å². The van der Waals surface area contributed by atoms with Gasteiger partial charge in [-0.3, -0.25) is 4.79 Å². The maximum Gasteiger partial charge on any atom is 0.159 e. The number of hydrogen-bond acceptors (Lipinski definition) is 1. The van der Waals surface area contributed by atoms with E-state index in [0.29, 0.717) is 0 Å². The Morgan fingerprint density at radius 1 is 1.69 bits per heavy atom. The summed E-state index contributed by atoms with van der Waals surface area (Å²) in [6.45, 7) is 10.2. The maximum atomic E-state index is 11.6. The molecule has 1 aliphatic rings. The normalized spacial score (nSPS) is 26.8. The lowest BCUT2D eigenvalue weighted by molar-refractivity contribution is -0.119. The SMILES string of the molecule is C=CC1=CC(=O)C(CC)CC1(C)C. The summed E-state index contributed by atoms with van der Waals surface area (Å²) in [5.41, 5.74) is 1.21. The highest BCUT2D eigenvalue weighted by atomic mass is 16.1. The van der Waals surface area contributed by atoms with Crippen molar-refractivity contribution in [1.82, 2.24) is 0 Å². The third-order valence-corrected chi connectivity index (χ3v) is 2.95. The second kappa shape index (κ2) is 3.49. The van der Waals surface area contributed by atoms with Crippen LogP contribution in [0.2, 0.25) is 0 Å². The Kier molecular flexibility index (Phi) is 2.74. The number of ketones is 1. The molecule has 0 spiro atoms. The lowest BCUT2D eigenvalue weighted by Crippen LogP contribution is -2.28. The van der Waals surface area contributed by atoms with Crippen molar-refractivity contribution in [2.45, 2.75) is 33.6 Å². The molecule has 0 heterocycles. The third-order valence-electron chi connectivity index (χ3n) is 2.95. The highest BCUT2D eigenvalue weighted by molar-refractivity contribution is 5.94. The topological polar surface area (TPSA) is 17.1 Å². The van der Waals surface area contributed by atoms with E-state index in [4.69, 9.17) is 0 Å². The van der Waals surface area contributed by atoms with E-state index in [1.165, 1.54) is 0 Å². The molecule has 0 bridgehead atoms. The molecule has 0 aliphatic heterocycles. The molecule has 1 nitrogen and oxygen atoms in total. The molecule has 1 aliphatic carbocycles. The molecule has 0 aromatic heterocycles. The molecule has 72 valence electrons. The molecular weight excluding hydrogens is 160 g/mol. The Balaban J connectivity index is 2.99. The summed E-state index contributed by atoms with van der Waals surface area (Å²) >= 11 is 0. The lowest BCUT2D eigenvalue weighted by Gasteiger charge is -2.33. The first-order chi connectivity index (χ1) is 6.01. The molecule has 0 aromatic carbocycles. The summed E-state index contributed by atoms with van der Waals surface area (Å²) in [5.74, 6) is 0.496. The molecule has 1 unspecified atom stereocenters. The van der Waals surface area contributed by atoms with Gasteiger partial charge in [-0.25, -0.2) is 0 Å². The number of carbonyl (C=O) groups excluding carboxylic acids is 1. The van der Waals surface area contributed by atoms with Crippen molar-refractivity contribution in [3.05, 3.63) is 24.3 Å². The van der Waals surface area contributed by atoms with Crippen LogP contribution in [0, 0.1) is 11.3 Å². The Bertz CT molecular complexity index is 258. The molecule has 0 N–H and O–H groups in total. The van der Waals surface area contributed by atoms with E-state index >= 15 is 0 Å². The second-order valence-electron chi connectivity index (χ2n) is 4.40. The van der Waals surface area contributed by atoms with Crippen molar-refractivity contribution >= 4 is 5.78 Å². The summed E-state index contributed by atoms with van der Waals surface area (Å²) in [6, 6.07) is 0. The van der Waals surface area contributed by atoms with E-state index < -0.39 is 0 Å². The van der Waals surface area contributed by atoms with Crippen LogP contribution in [0.4, 0.5) is 0 Å². The molecular formula is C12H18O. The van der Waals surface area contributed by atoms with Gasteiger partial charge >= 0.3 is 0 Å². The van der Waals surface area contributed by atoms with E-state index in [0.717, 1.165) is 18.4 Å². The minimum absolute atomic E-state index is 0.121. The zero-order valence-corrected chi connectivity index (χ0v) is 8.76. The fourth-order valence-corrected chi connectivity index (χ4v) is 1.98. The van der Waals surface area contributed by atoms with Gasteiger partial charge in [-0.1, -0.05) is 33.4 Å². The smallest absolute Gasteiger partial charge is 0.159 e. The van der Waals surface area contributed by atoms with Crippen molar-refractivity contribution in [3.8, 4) is 0 Å². The van der Waals surface area contributed by atoms with Crippen LogP contribution in [0.15, 0.2) is 24.3 Å². The van der Waals surface area contributed by atoms with Crippen LogP contribution in [-0.4, -0.2) is 5.78 Å². The molecule has 0 radical (unpaired) electrons. The first kappa shape index (κ1) is 10.2. The van der Waals surface area contributed by atoms with Crippen molar-refractivity contribution in [1.29, 1.82) is 0 Å². The Labute approximate surface area is 80.5 Å². The van der Waals surface area contributed by atoms with Crippen LogP contribution in [-0.2, 0) is 4.79 Å². The Morgan fingerprint density at radius 2 is 2.31 bits per heavy atom. The van der Waals surface area contributed by atoms with Crippen LogP contribution < -0.4 is 0 Å². The average Bonchev–Trinajstić information content (AvgIpc) is 2.08. The van der Waals surface area contributed by atoms with E-state index in [1.807, 2.05) is 6.08 Å².